The smallest absolute Gasteiger partial charge is 0.419 e. The van der Waals surface area contributed by atoms with Crippen molar-refractivity contribution in [1.29, 1.82) is 0 Å². The van der Waals surface area contributed by atoms with Crippen LogP contribution in [0.15, 0.2) is 51.7 Å². The number of aryl methyl sites for hydroxylation is 1. The van der Waals surface area contributed by atoms with Crippen LogP contribution in [0.5, 0.6) is 17.2 Å². The number of aromatic hydroxyl groups is 1. The standard InChI is InChI=1S/C19H17NO7/c1-12-4-2-5-13(10-12)25-8-3-9-26-14-6-7-15-16(11-14)27-19(22)17(18(15)21)20(23)24/h2,4-7,10-11,21H,3,8-9H2,1H3. The topological polar surface area (TPSA) is 112 Å². The van der Waals surface area contributed by atoms with E-state index in [0.717, 1.165) is 11.3 Å². The number of fused-ring (bicyclic) bond motifs is 1. The molecule has 0 radical (unpaired) electrons. The zero-order valence-corrected chi connectivity index (χ0v) is 14.5. The van der Waals surface area contributed by atoms with Crippen LogP contribution in [0, 0.1) is 17.0 Å². The molecule has 140 valence electrons. The van der Waals surface area contributed by atoms with E-state index in [9.17, 15) is 20.0 Å². The quantitative estimate of drug-likeness (QED) is 0.292. The van der Waals surface area contributed by atoms with Crippen LogP contribution in [0.25, 0.3) is 11.0 Å². The maximum Gasteiger partial charge on any atom is 0.419 e. The van der Waals surface area contributed by atoms with Gasteiger partial charge in [-0.2, -0.15) is 0 Å². The Balaban J connectivity index is 1.62. The maximum atomic E-state index is 11.6. The van der Waals surface area contributed by atoms with Crippen molar-refractivity contribution in [3.8, 4) is 17.2 Å². The molecule has 0 unspecified atom stereocenters. The van der Waals surface area contributed by atoms with Crippen LogP contribution in [0.2, 0.25) is 0 Å². The highest BCUT2D eigenvalue weighted by molar-refractivity contribution is 5.87. The first kappa shape index (κ1) is 18.2. The molecular formula is C19H17NO7. The number of nitro groups is 1. The second-order valence-electron chi connectivity index (χ2n) is 5.87. The van der Waals surface area contributed by atoms with Gasteiger partial charge in [0.25, 0.3) is 0 Å². The van der Waals surface area contributed by atoms with Gasteiger partial charge in [-0.15, -0.1) is 0 Å². The largest absolute Gasteiger partial charge is 0.501 e. The Morgan fingerprint density at radius 3 is 2.48 bits per heavy atom. The molecular weight excluding hydrogens is 354 g/mol. The predicted molar refractivity (Wildman–Crippen MR) is 97.6 cm³/mol. The molecule has 0 saturated carbocycles. The Morgan fingerprint density at radius 2 is 1.81 bits per heavy atom. The molecule has 0 atom stereocenters. The van der Waals surface area contributed by atoms with Gasteiger partial charge in [0.05, 0.1) is 23.5 Å². The van der Waals surface area contributed by atoms with E-state index < -0.39 is 22.0 Å². The molecule has 0 fully saturated rings. The molecule has 0 aliphatic heterocycles. The first-order chi connectivity index (χ1) is 13.0. The Kier molecular flexibility index (Phi) is 5.25. The lowest BCUT2D eigenvalue weighted by Crippen LogP contribution is -2.07. The summed E-state index contributed by atoms with van der Waals surface area (Å²) < 4.78 is 16.1. The third-order valence-electron chi connectivity index (χ3n) is 3.83. The van der Waals surface area contributed by atoms with Crippen molar-refractivity contribution in [1.82, 2.24) is 0 Å². The van der Waals surface area contributed by atoms with E-state index in [2.05, 4.69) is 0 Å². The summed E-state index contributed by atoms with van der Waals surface area (Å²) in [6, 6.07) is 12.1. The first-order valence-corrected chi connectivity index (χ1v) is 8.22. The molecule has 1 N–H and O–H groups in total. The number of nitrogens with zero attached hydrogens (tertiary/aromatic N) is 1. The Hall–Kier alpha value is -3.55. The number of ether oxygens (including phenoxy) is 2. The lowest BCUT2D eigenvalue weighted by molar-refractivity contribution is -0.388. The lowest BCUT2D eigenvalue weighted by Gasteiger charge is -2.09. The van der Waals surface area contributed by atoms with E-state index in [-0.39, 0.29) is 11.0 Å². The second kappa shape index (κ2) is 7.77. The lowest BCUT2D eigenvalue weighted by atomic mass is 10.2. The molecule has 1 heterocycles. The van der Waals surface area contributed by atoms with Crippen LogP contribution in [0.3, 0.4) is 0 Å². The van der Waals surface area contributed by atoms with E-state index in [1.54, 1.807) is 0 Å². The van der Waals surface area contributed by atoms with Gasteiger partial charge in [-0.3, -0.25) is 10.1 Å². The highest BCUT2D eigenvalue weighted by Crippen LogP contribution is 2.32. The average Bonchev–Trinajstić information content (AvgIpc) is 2.61. The number of rotatable bonds is 7. The highest BCUT2D eigenvalue weighted by atomic mass is 16.6. The van der Waals surface area contributed by atoms with Gasteiger partial charge >= 0.3 is 11.3 Å². The van der Waals surface area contributed by atoms with Crippen LogP contribution in [0.4, 0.5) is 5.69 Å². The minimum atomic E-state index is -1.21. The molecule has 0 spiro atoms. The SMILES string of the molecule is Cc1cccc(OCCCOc2ccc3c(O)c([N+](=O)[O-])c(=O)oc3c2)c1. The summed E-state index contributed by atoms with van der Waals surface area (Å²) in [7, 11) is 0. The molecule has 8 nitrogen and oxygen atoms in total. The average molecular weight is 371 g/mol. The zero-order chi connectivity index (χ0) is 19.4. The van der Waals surface area contributed by atoms with E-state index in [1.807, 2.05) is 31.2 Å². The molecule has 27 heavy (non-hydrogen) atoms. The summed E-state index contributed by atoms with van der Waals surface area (Å²) in [5.41, 5.74) is -1.07. The van der Waals surface area contributed by atoms with Gasteiger partial charge in [-0.05, 0) is 36.8 Å². The second-order valence-corrected chi connectivity index (χ2v) is 5.87. The van der Waals surface area contributed by atoms with Crippen LogP contribution in [-0.2, 0) is 0 Å². The fraction of sp³-hybridized carbons (Fsp3) is 0.211. The van der Waals surface area contributed by atoms with Gasteiger partial charge in [0.2, 0.25) is 5.75 Å². The highest BCUT2D eigenvalue weighted by Gasteiger charge is 2.24. The molecule has 3 rings (SSSR count). The fourth-order valence-electron chi connectivity index (χ4n) is 2.55. The molecule has 0 amide bonds. The Labute approximate surface area is 153 Å². The maximum absolute atomic E-state index is 11.6. The molecule has 8 heteroatoms. The molecule has 1 aromatic heterocycles. The first-order valence-electron chi connectivity index (χ1n) is 8.22. The van der Waals surface area contributed by atoms with Crippen LogP contribution >= 0.6 is 0 Å². The summed E-state index contributed by atoms with van der Waals surface area (Å²) in [5, 5.41) is 20.8. The van der Waals surface area contributed by atoms with Gasteiger partial charge in [0.1, 0.15) is 17.1 Å². The Morgan fingerprint density at radius 1 is 1.11 bits per heavy atom. The van der Waals surface area contributed by atoms with Gasteiger partial charge < -0.3 is 19.0 Å². The zero-order valence-electron chi connectivity index (χ0n) is 14.5. The molecule has 3 aromatic rings. The van der Waals surface area contributed by atoms with Gasteiger partial charge in [-0.1, -0.05) is 12.1 Å². The van der Waals surface area contributed by atoms with Crippen molar-refractivity contribution >= 4 is 16.7 Å². The van der Waals surface area contributed by atoms with E-state index >= 15 is 0 Å². The van der Waals surface area contributed by atoms with Gasteiger partial charge in [0, 0.05) is 12.5 Å². The van der Waals surface area contributed by atoms with E-state index in [1.165, 1.54) is 18.2 Å². The molecule has 0 bridgehead atoms. The summed E-state index contributed by atoms with van der Waals surface area (Å²) in [6.07, 6.45) is 0.626. The molecule has 0 saturated heterocycles. The predicted octanol–water partition coefficient (Wildman–Crippen LogP) is 3.56. The van der Waals surface area contributed by atoms with Crippen LogP contribution in [-0.4, -0.2) is 23.2 Å². The van der Waals surface area contributed by atoms with Crippen molar-refractivity contribution in [2.75, 3.05) is 13.2 Å². The summed E-state index contributed by atoms with van der Waals surface area (Å²) in [5.74, 6) is 0.485. The van der Waals surface area contributed by atoms with Crippen LogP contribution < -0.4 is 15.1 Å². The number of benzene rings is 2. The summed E-state index contributed by atoms with van der Waals surface area (Å²) in [4.78, 5) is 21.5. The number of hydrogen-bond donors (Lipinski definition) is 1. The normalized spacial score (nSPS) is 10.7. The van der Waals surface area contributed by atoms with Crippen molar-refractivity contribution in [2.45, 2.75) is 13.3 Å². The van der Waals surface area contributed by atoms with Crippen molar-refractivity contribution in [3.63, 3.8) is 0 Å². The van der Waals surface area contributed by atoms with Crippen molar-refractivity contribution < 1.29 is 23.9 Å². The van der Waals surface area contributed by atoms with Crippen LogP contribution in [0.1, 0.15) is 12.0 Å². The van der Waals surface area contributed by atoms with Crippen molar-refractivity contribution in [2.24, 2.45) is 0 Å². The Bertz CT molecular complexity index is 1040. The third kappa shape index (κ3) is 4.17. The van der Waals surface area contributed by atoms with E-state index in [4.69, 9.17) is 13.9 Å². The fourth-order valence-corrected chi connectivity index (χ4v) is 2.55. The minimum Gasteiger partial charge on any atom is -0.501 e. The van der Waals surface area contributed by atoms with Gasteiger partial charge in [-0.25, -0.2) is 4.79 Å². The molecule has 0 aliphatic carbocycles. The molecule has 2 aromatic carbocycles. The van der Waals surface area contributed by atoms with Gasteiger partial charge in [0.15, 0.2) is 0 Å². The molecule has 0 aliphatic rings. The van der Waals surface area contributed by atoms with E-state index in [0.29, 0.717) is 25.4 Å². The summed E-state index contributed by atoms with van der Waals surface area (Å²) >= 11 is 0. The summed E-state index contributed by atoms with van der Waals surface area (Å²) in [6.45, 7) is 2.82. The minimum absolute atomic E-state index is 0.0108. The monoisotopic (exact) mass is 371 g/mol. The van der Waals surface area contributed by atoms with Crippen molar-refractivity contribution in [3.05, 3.63) is 68.6 Å². The number of hydrogen-bond acceptors (Lipinski definition) is 7. The third-order valence-corrected chi connectivity index (χ3v) is 3.83.